The molecule has 33 heavy (non-hydrogen) atoms. The SMILES string of the molecule is Cc1ccc(CN(C)C(=O)CSc2nnc(-c3ccncc3)n2-c2ccc(F)cc2)c(C)c1. The highest BCUT2D eigenvalue weighted by molar-refractivity contribution is 7.99. The van der Waals surface area contributed by atoms with E-state index in [2.05, 4.69) is 47.2 Å². The smallest absolute Gasteiger partial charge is 0.233 e. The molecule has 0 saturated heterocycles. The van der Waals surface area contributed by atoms with Crippen molar-refractivity contribution in [1.29, 1.82) is 0 Å². The molecule has 0 atom stereocenters. The van der Waals surface area contributed by atoms with Crippen molar-refractivity contribution in [3.63, 3.8) is 0 Å². The first-order valence-electron chi connectivity index (χ1n) is 10.5. The van der Waals surface area contributed by atoms with E-state index < -0.39 is 0 Å². The van der Waals surface area contributed by atoms with Crippen molar-refractivity contribution in [3.8, 4) is 17.1 Å². The minimum absolute atomic E-state index is 0.0147. The molecule has 0 saturated carbocycles. The van der Waals surface area contributed by atoms with E-state index in [-0.39, 0.29) is 17.5 Å². The largest absolute Gasteiger partial charge is 0.341 e. The maximum absolute atomic E-state index is 13.5. The number of benzene rings is 2. The molecule has 0 fully saturated rings. The number of thioether (sulfide) groups is 1. The molecule has 0 radical (unpaired) electrons. The van der Waals surface area contributed by atoms with E-state index in [1.165, 1.54) is 35.0 Å². The first-order chi connectivity index (χ1) is 15.9. The van der Waals surface area contributed by atoms with E-state index >= 15 is 0 Å². The Morgan fingerprint density at radius 3 is 2.45 bits per heavy atom. The summed E-state index contributed by atoms with van der Waals surface area (Å²) < 4.78 is 15.4. The Kier molecular flexibility index (Phi) is 6.84. The fraction of sp³-hybridized carbons (Fsp3) is 0.200. The molecule has 6 nitrogen and oxygen atoms in total. The zero-order chi connectivity index (χ0) is 23.4. The van der Waals surface area contributed by atoms with E-state index in [1.807, 2.05) is 16.7 Å². The third kappa shape index (κ3) is 5.28. The van der Waals surface area contributed by atoms with Gasteiger partial charge in [-0.2, -0.15) is 0 Å². The van der Waals surface area contributed by atoms with Crippen LogP contribution in [0.3, 0.4) is 0 Å². The zero-order valence-electron chi connectivity index (χ0n) is 18.7. The predicted octanol–water partition coefficient (Wildman–Crippen LogP) is 4.84. The van der Waals surface area contributed by atoms with Crippen LogP contribution in [0.4, 0.5) is 4.39 Å². The van der Waals surface area contributed by atoms with Gasteiger partial charge in [-0.3, -0.25) is 14.3 Å². The summed E-state index contributed by atoms with van der Waals surface area (Å²) in [6.45, 7) is 4.65. The summed E-state index contributed by atoms with van der Waals surface area (Å²) in [5.41, 5.74) is 5.03. The quantitative estimate of drug-likeness (QED) is 0.369. The number of halogens is 1. The van der Waals surface area contributed by atoms with Crippen LogP contribution < -0.4 is 0 Å². The molecule has 1 amide bonds. The second-order valence-electron chi connectivity index (χ2n) is 7.82. The van der Waals surface area contributed by atoms with Crippen LogP contribution in [-0.2, 0) is 11.3 Å². The van der Waals surface area contributed by atoms with E-state index in [9.17, 15) is 9.18 Å². The van der Waals surface area contributed by atoms with Gasteiger partial charge in [0.1, 0.15) is 5.82 Å². The standard InChI is InChI=1S/C25H24FN5OS/c1-17-4-5-20(18(2)14-17)15-30(3)23(32)16-33-25-29-28-24(19-10-12-27-13-11-19)31(25)22-8-6-21(26)7-9-22/h4-14H,15-16H2,1-3H3. The Morgan fingerprint density at radius 1 is 1.03 bits per heavy atom. The minimum Gasteiger partial charge on any atom is -0.341 e. The van der Waals surface area contributed by atoms with Crippen molar-refractivity contribution in [1.82, 2.24) is 24.6 Å². The fourth-order valence-corrected chi connectivity index (χ4v) is 4.37. The van der Waals surface area contributed by atoms with Gasteiger partial charge in [-0.15, -0.1) is 10.2 Å². The lowest BCUT2D eigenvalue weighted by atomic mass is 10.1. The maximum Gasteiger partial charge on any atom is 0.233 e. The molecule has 0 aliphatic carbocycles. The van der Waals surface area contributed by atoms with E-state index in [1.54, 1.807) is 36.5 Å². The fourth-order valence-electron chi connectivity index (χ4n) is 3.48. The zero-order valence-corrected chi connectivity index (χ0v) is 19.5. The lowest BCUT2D eigenvalue weighted by Gasteiger charge is -2.19. The van der Waals surface area contributed by atoms with Crippen LogP contribution in [0.25, 0.3) is 17.1 Å². The summed E-state index contributed by atoms with van der Waals surface area (Å²) in [5, 5.41) is 9.22. The third-order valence-electron chi connectivity index (χ3n) is 5.31. The molecule has 4 aromatic rings. The van der Waals surface area contributed by atoms with E-state index in [0.29, 0.717) is 23.2 Å². The number of carbonyl (C=O) groups is 1. The second kappa shape index (κ2) is 9.95. The van der Waals surface area contributed by atoms with Crippen LogP contribution in [-0.4, -0.2) is 43.4 Å². The molecule has 0 unspecified atom stereocenters. The highest BCUT2D eigenvalue weighted by Gasteiger charge is 2.19. The van der Waals surface area contributed by atoms with Gasteiger partial charge in [0.2, 0.25) is 5.91 Å². The molecule has 2 aromatic heterocycles. The lowest BCUT2D eigenvalue weighted by Crippen LogP contribution is -2.28. The van der Waals surface area contributed by atoms with Crippen LogP contribution in [0, 0.1) is 19.7 Å². The molecule has 4 rings (SSSR count). The summed E-state index contributed by atoms with van der Waals surface area (Å²) in [6.07, 6.45) is 3.36. The topological polar surface area (TPSA) is 63.9 Å². The molecule has 8 heteroatoms. The van der Waals surface area contributed by atoms with E-state index in [4.69, 9.17) is 0 Å². The van der Waals surface area contributed by atoms with Crippen LogP contribution in [0.1, 0.15) is 16.7 Å². The Bertz CT molecular complexity index is 1260. The Hall–Kier alpha value is -3.52. The molecule has 2 heterocycles. The van der Waals surface area contributed by atoms with Crippen molar-refractivity contribution in [2.24, 2.45) is 0 Å². The highest BCUT2D eigenvalue weighted by Crippen LogP contribution is 2.28. The molecule has 168 valence electrons. The first-order valence-corrected chi connectivity index (χ1v) is 11.5. The molecular formula is C25H24FN5OS. The van der Waals surface area contributed by atoms with Crippen molar-refractivity contribution >= 4 is 17.7 Å². The summed E-state index contributed by atoms with van der Waals surface area (Å²) in [4.78, 5) is 18.6. The summed E-state index contributed by atoms with van der Waals surface area (Å²) >= 11 is 1.30. The van der Waals surface area contributed by atoms with Gasteiger partial charge in [0.15, 0.2) is 11.0 Å². The maximum atomic E-state index is 13.5. The number of hydrogen-bond acceptors (Lipinski definition) is 5. The van der Waals surface area contributed by atoms with Crippen LogP contribution in [0.5, 0.6) is 0 Å². The number of amides is 1. The number of hydrogen-bond donors (Lipinski definition) is 0. The third-order valence-corrected chi connectivity index (χ3v) is 6.23. The summed E-state index contributed by atoms with van der Waals surface area (Å²) in [6, 6.07) is 16.0. The van der Waals surface area contributed by atoms with Gasteiger partial charge in [-0.25, -0.2) is 4.39 Å². The first kappa shape index (κ1) is 22.7. The molecule has 0 N–H and O–H groups in total. The Labute approximate surface area is 196 Å². The average molecular weight is 462 g/mol. The normalized spacial score (nSPS) is 10.9. The molecular weight excluding hydrogens is 437 g/mol. The van der Waals surface area contributed by atoms with Crippen molar-refractivity contribution in [2.75, 3.05) is 12.8 Å². The number of pyridine rings is 1. The average Bonchev–Trinajstić information content (AvgIpc) is 3.24. The summed E-state index contributed by atoms with van der Waals surface area (Å²) in [5.74, 6) is 0.466. The van der Waals surface area contributed by atoms with Gasteiger partial charge in [-0.05, 0) is 61.4 Å². The monoisotopic (exact) mass is 461 g/mol. The molecule has 0 spiro atoms. The van der Waals surface area contributed by atoms with Crippen molar-refractivity contribution in [2.45, 2.75) is 25.5 Å². The minimum atomic E-state index is -0.324. The Morgan fingerprint density at radius 2 is 1.76 bits per heavy atom. The van der Waals surface area contributed by atoms with E-state index in [0.717, 1.165) is 11.1 Å². The van der Waals surface area contributed by atoms with Gasteiger partial charge < -0.3 is 4.90 Å². The van der Waals surface area contributed by atoms with Crippen LogP contribution in [0.15, 0.2) is 72.1 Å². The number of aromatic nitrogens is 4. The highest BCUT2D eigenvalue weighted by atomic mass is 32.2. The van der Waals surface area contributed by atoms with Gasteiger partial charge in [0, 0.05) is 37.2 Å². The number of nitrogens with zero attached hydrogens (tertiary/aromatic N) is 5. The number of carbonyl (C=O) groups excluding carboxylic acids is 1. The number of rotatable bonds is 7. The van der Waals surface area contributed by atoms with Gasteiger partial charge in [-0.1, -0.05) is 35.5 Å². The van der Waals surface area contributed by atoms with Crippen molar-refractivity contribution < 1.29 is 9.18 Å². The lowest BCUT2D eigenvalue weighted by molar-refractivity contribution is -0.127. The molecule has 0 aliphatic heterocycles. The predicted molar refractivity (Wildman–Crippen MR) is 128 cm³/mol. The van der Waals surface area contributed by atoms with Crippen LogP contribution >= 0.6 is 11.8 Å². The van der Waals surface area contributed by atoms with Crippen LogP contribution in [0.2, 0.25) is 0 Å². The number of aryl methyl sites for hydroxylation is 2. The van der Waals surface area contributed by atoms with Gasteiger partial charge >= 0.3 is 0 Å². The molecule has 0 bridgehead atoms. The Balaban J connectivity index is 1.54. The van der Waals surface area contributed by atoms with Gasteiger partial charge in [0.25, 0.3) is 0 Å². The molecule has 0 aliphatic rings. The molecule has 2 aromatic carbocycles. The second-order valence-corrected chi connectivity index (χ2v) is 8.76. The van der Waals surface area contributed by atoms with Gasteiger partial charge in [0.05, 0.1) is 5.75 Å². The van der Waals surface area contributed by atoms with Crippen molar-refractivity contribution in [3.05, 3.63) is 89.5 Å². The summed E-state index contributed by atoms with van der Waals surface area (Å²) in [7, 11) is 1.80.